The van der Waals surface area contributed by atoms with E-state index in [0.717, 1.165) is 11.1 Å². The molecule has 0 fully saturated rings. The summed E-state index contributed by atoms with van der Waals surface area (Å²) in [4.78, 5) is 4.16. The van der Waals surface area contributed by atoms with E-state index in [-0.39, 0.29) is 17.2 Å². The summed E-state index contributed by atoms with van der Waals surface area (Å²) in [5.74, 6) is -0.0771. The van der Waals surface area contributed by atoms with Crippen LogP contribution in [0.5, 0.6) is 0 Å². The minimum absolute atomic E-state index is 0.0771. The molecule has 0 aliphatic carbocycles. The number of sulfonamides is 1. The summed E-state index contributed by atoms with van der Waals surface area (Å²) in [7, 11) is -7.46. The number of aromatic nitrogens is 1. The minimum atomic E-state index is -3.82. The highest BCUT2D eigenvalue weighted by Gasteiger charge is 2.30. The Balaban J connectivity index is 1.74. The molecule has 0 saturated heterocycles. The quantitative estimate of drug-likeness (QED) is 0.502. The maximum atomic E-state index is 13.3. The van der Waals surface area contributed by atoms with Crippen LogP contribution in [0.2, 0.25) is 0 Å². The van der Waals surface area contributed by atoms with Gasteiger partial charge < -0.3 is 0 Å². The maximum Gasteiger partial charge on any atom is 0.211 e. The summed E-state index contributed by atoms with van der Waals surface area (Å²) in [5, 5.41) is -1.08. The highest BCUT2D eigenvalue weighted by Crippen LogP contribution is 2.28. The third-order valence-corrected chi connectivity index (χ3v) is 8.54. The van der Waals surface area contributed by atoms with Crippen LogP contribution in [-0.4, -0.2) is 34.1 Å². The normalized spacial score (nSPS) is 13.1. The van der Waals surface area contributed by atoms with E-state index in [0.29, 0.717) is 18.4 Å². The molecule has 3 rings (SSSR count). The van der Waals surface area contributed by atoms with Gasteiger partial charge in [0.15, 0.2) is 9.84 Å². The molecule has 0 aliphatic rings. The molecule has 0 saturated carbocycles. The first-order chi connectivity index (χ1) is 14.8. The van der Waals surface area contributed by atoms with Crippen molar-refractivity contribution in [1.29, 1.82) is 0 Å². The SMILES string of the molecule is Cc1ccc(S(=O)(=O)C(CNS(=O)(=O)CCCc2ccccc2)c2cccnc2)cc1. The molecule has 0 aliphatic heterocycles. The van der Waals surface area contributed by atoms with Crippen molar-refractivity contribution in [2.45, 2.75) is 29.9 Å². The molecule has 1 N–H and O–H groups in total. The van der Waals surface area contributed by atoms with Crippen molar-refractivity contribution in [3.8, 4) is 0 Å². The van der Waals surface area contributed by atoms with Gasteiger partial charge in [0, 0.05) is 18.9 Å². The lowest BCUT2D eigenvalue weighted by Gasteiger charge is -2.19. The number of nitrogens with one attached hydrogen (secondary N) is 1. The Morgan fingerprint density at radius 3 is 2.26 bits per heavy atom. The number of pyridine rings is 1. The van der Waals surface area contributed by atoms with Crippen LogP contribution in [0.1, 0.15) is 28.4 Å². The lowest BCUT2D eigenvalue weighted by atomic mass is 10.1. The minimum Gasteiger partial charge on any atom is -0.264 e. The lowest BCUT2D eigenvalue weighted by Crippen LogP contribution is -2.33. The molecule has 1 unspecified atom stereocenters. The predicted octanol–water partition coefficient (Wildman–Crippen LogP) is 3.46. The first kappa shape index (κ1) is 23.1. The zero-order valence-corrected chi connectivity index (χ0v) is 18.9. The van der Waals surface area contributed by atoms with Gasteiger partial charge in [0.25, 0.3) is 0 Å². The highest BCUT2D eigenvalue weighted by atomic mass is 32.2. The second-order valence-electron chi connectivity index (χ2n) is 7.39. The van der Waals surface area contributed by atoms with E-state index >= 15 is 0 Å². The Hall–Kier alpha value is -2.55. The molecule has 164 valence electrons. The number of benzene rings is 2. The van der Waals surface area contributed by atoms with Crippen molar-refractivity contribution >= 4 is 19.9 Å². The van der Waals surface area contributed by atoms with Gasteiger partial charge in [-0.15, -0.1) is 0 Å². The predicted molar refractivity (Wildman–Crippen MR) is 122 cm³/mol. The third kappa shape index (κ3) is 6.46. The van der Waals surface area contributed by atoms with Crippen molar-refractivity contribution < 1.29 is 16.8 Å². The molecule has 0 radical (unpaired) electrons. The standard InChI is InChI=1S/C23H26N2O4S2/c1-19-11-13-22(14-12-19)31(28,29)23(21-10-5-15-24-17-21)18-25-30(26,27)16-6-9-20-7-3-2-4-8-20/h2-5,7-8,10-15,17,23,25H,6,9,16,18H2,1H3. The molecule has 31 heavy (non-hydrogen) atoms. The van der Waals surface area contributed by atoms with Crippen molar-refractivity contribution in [1.82, 2.24) is 9.71 Å². The van der Waals surface area contributed by atoms with E-state index in [1.54, 1.807) is 42.6 Å². The smallest absolute Gasteiger partial charge is 0.211 e. The van der Waals surface area contributed by atoms with Crippen LogP contribution >= 0.6 is 0 Å². The van der Waals surface area contributed by atoms with E-state index in [9.17, 15) is 16.8 Å². The van der Waals surface area contributed by atoms with Crippen LogP contribution in [-0.2, 0) is 26.3 Å². The second-order valence-corrected chi connectivity index (χ2v) is 11.4. The molecule has 2 aromatic carbocycles. The molecule has 0 spiro atoms. The largest absolute Gasteiger partial charge is 0.264 e. The van der Waals surface area contributed by atoms with Gasteiger partial charge in [0.2, 0.25) is 10.0 Å². The van der Waals surface area contributed by atoms with Crippen LogP contribution < -0.4 is 4.72 Å². The lowest BCUT2D eigenvalue weighted by molar-refractivity contribution is 0.567. The maximum absolute atomic E-state index is 13.3. The number of sulfone groups is 1. The monoisotopic (exact) mass is 458 g/mol. The Labute approximate surface area is 184 Å². The Morgan fingerprint density at radius 2 is 1.61 bits per heavy atom. The first-order valence-corrected chi connectivity index (χ1v) is 13.2. The molecule has 1 aromatic heterocycles. The molecule has 0 bridgehead atoms. The Kier molecular flexibility index (Phi) is 7.59. The van der Waals surface area contributed by atoms with Crippen molar-refractivity contribution in [3.63, 3.8) is 0 Å². The Bertz CT molecular complexity index is 1180. The van der Waals surface area contributed by atoms with Gasteiger partial charge in [-0.05, 0) is 49.1 Å². The van der Waals surface area contributed by atoms with Crippen molar-refractivity contribution in [2.75, 3.05) is 12.3 Å². The van der Waals surface area contributed by atoms with Gasteiger partial charge in [-0.2, -0.15) is 0 Å². The van der Waals surface area contributed by atoms with Gasteiger partial charge in [0.1, 0.15) is 5.25 Å². The summed E-state index contributed by atoms with van der Waals surface area (Å²) in [5.41, 5.74) is 2.44. The number of hydrogen-bond acceptors (Lipinski definition) is 5. The number of rotatable bonds is 10. The summed E-state index contributed by atoms with van der Waals surface area (Å²) >= 11 is 0. The molecular weight excluding hydrogens is 432 g/mol. The topological polar surface area (TPSA) is 93.2 Å². The molecule has 1 atom stereocenters. The van der Waals surface area contributed by atoms with Crippen LogP contribution in [0.15, 0.2) is 84.0 Å². The fraction of sp³-hybridized carbons (Fsp3) is 0.261. The van der Waals surface area contributed by atoms with Crippen LogP contribution in [0, 0.1) is 6.92 Å². The Morgan fingerprint density at radius 1 is 0.903 bits per heavy atom. The number of aryl methyl sites for hydroxylation is 2. The molecule has 0 amide bonds. The van der Waals surface area contributed by atoms with Gasteiger partial charge in [-0.3, -0.25) is 4.98 Å². The summed E-state index contributed by atoms with van der Waals surface area (Å²) in [6.07, 6.45) is 4.09. The van der Waals surface area contributed by atoms with Gasteiger partial charge in [-0.25, -0.2) is 21.6 Å². The summed E-state index contributed by atoms with van der Waals surface area (Å²) in [6, 6.07) is 19.5. The molecule has 8 heteroatoms. The second kappa shape index (κ2) is 10.2. The molecule has 6 nitrogen and oxygen atoms in total. The van der Waals surface area contributed by atoms with E-state index in [1.165, 1.54) is 6.20 Å². The van der Waals surface area contributed by atoms with Crippen molar-refractivity contribution in [3.05, 3.63) is 95.8 Å². The van der Waals surface area contributed by atoms with E-state index in [1.807, 2.05) is 37.3 Å². The number of nitrogens with zero attached hydrogens (tertiary/aromatic N) is 1. The third-order valence-electron chi connectivity index (χ3n) is 4.99. The average Bonchev–Trinajstić information content (AvgIpc) is 2.75. The van der Waals surface area contributed by atoms with E-state index in [4.69, 9.17) is 0 Å². The fourth-order valence-electron chi connectivity index (χ4n) is 3.25. The van der Waals surface area contributed by atoms with Crippen LogP contribution in [0.25, 0.3) is 0 Å². The van der Waals surface area contributed by atoms with Gasteiger partial charge in [0.05, 0.1) is 10.6 Å². The van der Waals surface area contributed by atoms with E-state index < -0.39 is 25.1 Å². The zero-order valence-electron chi connectivity index (χ0n) is 17.3. The zero-order chi connectivity index (χ0) is 22.3. The highest BCUT2D eigenvalue weighted by molar-refractivity contribution is 7.92. The van der Waals surface area contributed by atoms with Gasteiger partial charge >= 0.3 is 0 Å². The molecule has 3 aromatic rings. The summed E-state index contributed by atoms with van der Waals surface area (Å²) < 4.78 is 54.2. The summed E-state index contributed by atoms with van der Waals surface area (Å²) in [6.45, 7) is 1.62. The fourth-order valence-corrected chi connectivity index (χ4v) is 6.09. The molecular formula is C23H26N2O4S2. The van der Waals surface area contributed by atoms with E-state index in [2.05, 4.69) is 9.71 Å². The van der Waals surface area contributed by atoms with Gasteiger partial charge in [-0.1, -0.05) is 54.1 Å². The van der Waals surface area contributed by atoms with Crippen LogP contribution in [0.3, 0.4) is 0 Å². The van der Waals surface area contributed by atoms with Crippen LogP contribution in [0.4, 0.5) is 0 Å². The average molecular weight is 459 g/mol. The first-order valence-electron chi connectivity index (χ1n) is 10.00. The van der Waals surface area contributed by atoms with Crippen molar-refractivity contribution in [2.24, 2.45) is 0 Å². The number of hydrogen-bond donors (Lipinski definition) is 1. The molecule has 1 heterocycles.